The molecule has 0 aromatic heterocycles. The largest absolute Gasteiger partial charge is 0.500 e. The fourth-order valence-corrected chi connectivity index (χ4v) is 51.9. The van der Waals surface area contributed by atoms with Crippen molar-refractivity contribution in [2.24, 2.45) is 5.92 Å². The van der Waals surface area contributed by atoms with Gasteiger partial charge in [-0.3, -0.25) is 0 Å². The van der Waals surface area contributed by atoms with Crippen molar-refractivity contribution in [2.75, 3.05) is 64.0 Å². The van der Waals surface area contributed by atoms with Crippen molar-refractivity contribution in [2.45, 2.75) is 127 Å². The van der Waals surface area contributed by atoms with Gasteiger partial charge in [-0.25, -0.2) is 0 Å². The zero-order valence-electron chi connectivity index (χ0n) is 36.9. The first-order valence-electron chi connectivity index (χ1n) is 18.8. The van der Waals surface area contributed by atoms with Crippen LogP contribution in [0.4, 0.5) is 0 Å². The third kappa shape index (κ3) is 16.5. The molecule has 1 aliphatic heterocycles. The van der Waals surface area contributed by atoms with Gasteiger partial charge in [0.05, 0.1) is 0 Å². The predicted octanol–water partition coefficient (Wildman–Crippen LogP) is 7.46. The molecule has 0 aromatic carbocycles. The van der Waals surface area contributed by atoms with Crippen molar-refractivity contribution in [1.29, 1.82) is 0 Å². The van der Waals surface area contributed by atoms with E-state index in [9.17, 15) is 0 Å². The highest BCUT2D eigenvalue weighted by Crippen LogP contribution is 2.42. The molecule has 1 fully saturated rings. The van der Waals surface area contributed by atoms with Crippen molar-refractivity contribution in [3.8, 4) is 0 Å². The highest BCUT2D eigenvalue weighted by molar-refractivity contribution is 6.95. The summed E-state index contributed by atoms with van der Waals surface area (Å²) in [6.45, 7) is 22.5. The van der Waals surface area contributed by atoms with Gasteiger partial charge < -0.3 is 60.4 Å². The molecule has 1 rings (SSSR count). The highest BCUT2D eigenvalue weighted by atomic mass is 28.5. The van der Waals surface area contributed by atoms with Crippen LogP contribution in [-0.2, 0) is 60.4 Å². The molecule has 1 heterocycles. The summed E-state index contributed by atoms with van der Waals surface area (Å²) in [5, 5.41) is 0. The first-order valence-corrected chi connectivity index (χ1v) is 40.9. The summed E-state index contributed by atoms with van der Waals surface area (Å²) in [6, 6.07) is 6.08. The lowest BCUT2D eigenvalue weighted by Gasteiger charge is -2.51. The molecule has 0 amide bonds. The lowest BCUT2D eigenvalue weighted by molar-refractivity contribution is 0.122. The second-order valence-corrected chi connectivity index (χ2v) is 48.8. The van der Waals surface area contributed by atoms with Crippen LogP contribution in [-0.4, -0.2) is 141 Å². The Morgan fingerprint density at radius 3 is 0.849 bits per heavy atom. The molecular formula is C30H78O14Si9. The van der Waals surface area contributed by atoms with Crippen molar-refractivity contribution >= 4 is 77.3 Å². The zero-order valence-corrected chi connectivity index (χ0v) is 45.9. The first-order chi connectivity index (χ1) is 24.3. The Morgan fingerprint density at radius 1 is 0.396 bits per heavy atom. The molecule has 0 saturated carbocycles. The van der Waals surface area contributed by atoms with E-state index in [-0.39, 0.29) is 0 Å². The van der Waals surface area contributed by atoms with Crippen LogP contribution in [0.1, 0.15) is 20.3 Å². The Hall–Kier alpha value is 1.39. The van der Waals surface area contributed by atoms with E-state index in [2.05, 4.69) is 66.2 Å². The second kappa shape index (κ2) is 21.6. The Morgan fingerprint density at radius 2 is 0.623 bits per heavy atom. The van der Waals surface area contributed by atoms with Crippen LogP contribution < -0.4 is 0 Å². The molecule has 14 nitrogen and oxygen atoms in total. The minimum atomic E-state index is -3.11. The van der Waals surface area contributed by atoms with Crippen LogP contribution >= 0.6 is 0 Å². The smallest absolute Gasteiger partial charge is 0.456 e. The summed E-state index contributed by atoms with van der Waals surface area (Å²) in [5.41, 5.74) is 0. The van der Waals surface area contributed by atoms with Gasteiger partial charge in [-0.2, -0.15) is 0 Å². The summed E-state index contributed by atoms with van der Waals surface area (Å²) in [7, 11) is -10.5. The van der Waals surface area contributed by atoms with Crippen molar-refractivity contribution in [3.05, 3.63) is 0 Å². The molecule has 23 heteroatoms. The third-order valence-corrected chi connectivity index (χ3v) is 46.2. The van der Waals surface area contributed by atoms with Gasteiger partial charge in [0, 0.05) is 82.1 Å². The van der Waals surface area contributed by atoms with Gasteiger partial charge in [0.25, 0.3) is 0 Å². The average Bonchev–Trinajstić information content (AvgIpc) is 3.08. The average molecular weight is 916 g/mol. The Balaban J connectivity index is 3.78. The van der Waals surface area contributed by atoms with E-state index < -0.39 is 77.3 Å². The SMILES string of the molecule is CO[Si](CC[Si]1(C)O[Si](C)(CC[Si](C)(C)O[Si](C)(C)CCC(C)C)O[Si](C)(CC[Si](OC)(OC)OC)O[Si](C)(CC[Si](OC)(OC)OC)O1)(OC)OC. The second-order valence-electron chi connectivity index (χ2n) is 16.4. The van der Waals surface area contributed by atoms with Crippen LogP contribution in [0.15, 0.2) is 0 Å². The molecule has 2 unspecified atom stereocenters. The Labute approximate surface area is 333 Å². The van der Waals surface area contributed by atoms with Crippen LogP contribution in [0.5, 0.6) is 0 Å². The molecule has 53 heavy (non-hydrogen) atoms. The third-order valence-electron chi connectivity index (χ3n) is 10.2. The van der Waals surface area contributed by atoms with E-state index in [1.54, 1.807) is 64.0 Å². The van der Waals surface area contributed by atoms with E-state index >= 15 is 0 Å². The molecule has 318 valence electrons. The molecule has 0 aliphatic carbocycles. The quantitative estimate of drug-likeness (QED) is 0.0797. The molecular weight excluding hydrogens is 837 g/mol. The molecule has 0 N–H and O–H groups in total. The first kappa shape index (κ1) is 52.4. The molecule has 0 aromatic rings. The Kier molecular flexibility index (Phi) is 21.3. The molecule has 0 bridgehead atoms. The van der Waals surface area contributed by atoms with Gasteiger partial charge in [-0.05, 0) is 94.6 Å². The van der Waals surface area contributed by atoms with Crippen LogP contribution in [0.25, 0.3) is 0 Å². The maximum atomic E-state index is 7.50. The number of rotatable bonds is 26. The maximum absolute atomic E-state index is 7.50. The molecule has 1 aliphatic rings. The summed E-state index contributed by atoms with van der Waals surface area (Å²) >= 11 is 0. The number of hydrogen-bond acceptors (Lipinski definition) is 14. The van der Waals surface area contributed by atoms with Crippen LogP contribution in [0, 0.1) is 5.92 Å². The minimum absolute atomic E-state index is 0.510. The topological polar surface area (TPSA) is 129 Å². The van der Waals surface area contributed by atoms with E-state index in [0.717, 1.165) is 18.1 Å². The van der Waals surface area contributed by atoms with Crippen LogP contribution in [0.2, 0.25) is 107 Å². The van der Waals surface area contributed by atoms with Crippen molar-refractivity contribution < 1.29 is 60.4 Å². The summed E-state index contributed by atoms with van der Waals surface area (Å²) in [6.07, 6.45) is 1.18. The van der Waals surface area contributed by atoms with Gasteiger partial charge in [0.2, 0.25) is 0 Å². The van der Waals surface area contributed by atoms with E-state index in [1.807, 2.05) is 0 Å². The monoisotopic (exact) mass is 914 g/mol. The van der Waals surface area contributed by atoms with E-state index in [4.69, 9.17) is 60.4 Å². The van der Waals surface area contributed by atoms with Crippen LogP contribution in [0.3, 0.4) is 0 Å². The van der Waals surface area contributed by atoms with Gasteiger partial charge >= 0.3 is 60.7 Å². The van der Waals surface area contributed by atoms with E-state index in [0.29, 0.717) is 42.2 Å². The molecule has 0 spiro atoms. The lowest BCUT2D eigenvalue weighted by Crippen LogP contribution is -2.68. The predicted molar refractivity (Wildman–Crippen MR) is 230 cm³/mol. The maximum Gasteiger partial charge on any atom is 0.500 e. The molecule has 2 atom stereocenters. The Bertz CT molecular complexity index is 1000. The van der Waals surface area contributed by atoms with E-state index in [1.165, 1.54) is 6.42 Å². The lowest BCUT2D eigenvalue weighted by atomic mass is 10.2. The number of hydrogen-bond donors (Lipinski definition) is 0. The highest BCUT2D eigenvalue weighted by Gasteiger charge is 2.59. The van der Waals surface area contributed by atoms with Crippen molar-refractivity contribution in [3.63, 3.8) is 0 Å². The van der Waals surface area contributed by atoms with Gasteiger partial charge in [-0.15, -0.1) is 0 Å². The van der Waals surface area contributed by atoms with Gasteiger partial charge in [-0.1, -0.05) is 20.3 Å². The molecule has 1 saturated heterocycles. The molecule has 0 radical (unpaired) electrons. The summed E-state index contributed by atoms with van der Waals surface area (Å²) in [4.78, 5) is 0. The summed E-state index contributed by atoms with van der Waals surface area (Å²) < 4.78 is 89.7. The van der Waals surface area contributed by atoms with Crippen molar-refractivity contribution in [1.82, 2.24) is 0 Å². The fourth-order valence-electron chi connectivity index (χ4n) is 7.14. The zero-order chi connectivity index (χ0) is 41.0. The fraction of sp³-hybridized carbons (Fsp3) is 1.00. The van der Waals surface area contributed by atoms with Gasteiger partial charge in [0.15, 0.2) is 16.6 Å². The van der Waals surface area contributed by atoms with Gasteiger partial charge in [0.1, 0.15) is 0 Å². The summed E-state index contributed by atoms with van der Waals surface area (Å²) in [5.74, 6) is 0.655. The normalized spacial score (nSPS) is 26.9. The minimum Gasteiger partial charge on any atom is -0.456 e. The standard InChI is InChI=1S/C30H78O14Si9/c1-30(2)20-21-45(12,13)40-46(14,15)22-23-47(16)41-48(17,24-27-51(31-3,32-4)33-5)43-50(19,26-29-53(37-9,38-10)39-11)44-49(18,42-47)25-28-52(34-6,35-7)36-8/h30H,20-29H2,1-19H3.